The molecule has 0 amide bonds. The van der Waals surface area contributed by atoms with Crippen LogP contribution >= 0.6 is 7.67 Å². The number of nitrogens with zero attached hydrogens (tertiary/aromatic N) is 4. The fraction of sp³-hybridized carbons (Fsp3) is 0.704. The van der Waals surface area contributed by atoms with Crippen molar-refractivity contribution in [3.63, 3.8) is 0 Å². The Morgan fingerprint density at radius 2 is 1.65 bits per heavy atom. The van der Waals surface area contributed by atoms with Gasteiger partial charge in [-0.25, -0.2) is 20.0 Å². The summed E-state index contributed by atoms with van der Waals surface area (Å²) in [6.45, 7) is 8.67. The minimum Gasteiger partial charge on any atom is -0.479 e. The molecule has 2 fully saturated rings. The molecule has 2 saturated heterocycles. The minimum atomic E-state index is -4.28. The number of hydrogen-bond acceptors (Lipinski definition) is 15. The van der Waals surface area contributed by atoms with E-state index in [2.05, 4.69) is 25.1 Å². The highest BCUT2D eigenvalue weighted by molar-refractivity contribution is 7.54. The van der Waals surface area contributed by atoms with E-state index in [0.717, 1.165) is 0 Å². The molecule has 2 aliphatic rings. The maximum absolute atomic E-state index is 14.5. The number of fused-ring (bicyclic) bond motifs is 2. The van der Waals surface area contributed by atoms with Crippen LogP contribution in [0.25, 0.3) is 11.2 Å². The molecule has 4 rings (SSSR count). The molecule has 2 aromatic rings. The van der Waals surface area contributed by atoms with E-state index in [9.17, 15) is 18.9 Å². The number of methoxy groups -OCH3 is 3. The Labute approximate surface area is 265 Å². The Kier molecular flexibility index (Phi) is 10.8. The highest BCUT2D eigenvalue weighted by Crippen LogP contribution is 2.49. The molecule has 0 radical (unpaired) electrons. The predicted molar refractivity (Wildman–Crippen MR) is 160 cm³/mol. The third-order valence-electron chi connectivity index (χ3n) is 7.53. The van der Waals surface area contributed by atoms with Crippen LogP contribution in [0.2, 0.25) is 0 Å². The number of carbonyl (C=O) groups is 3. The number of esters is 2. The lowest BCUT2D eigenvalue weighted by Crippen LogP contribution is -2.46. The van der Waals surface area contributed by atoms with E-state index in [4.69, 9.17) is 38.7 Å². The van der Waals surface area contributed by atoms with Gasteiger partial charge in [0.15, 0.2) is 29.1 Å². The molecule has 256 valence electrons. The standard InChI is InChI=1S/C27H42N7O11P/c1-13(2)9-15(22(35)40-7)32-46(38,33-16(10-14(3)4)23(36)41-8)42-11-17-19-27(5,45-26(37)44-19)24(43-17)34-12-29-18-20(34)30-25(28)31-21(18)39-6/h12-17,19,24H,9-11H2,1-8H3,(H2,28,30,31)(H2,32,33,38)/t15?,16?,17-,19-,24-,27-,46?/m1/s1. The number of ether oxygens (including phenoxy) is 6. The van der Waals surface area contributed by atoms with Crippen LogP contribution in [-0.2, 0) is 42.4 Å². The van der Waals surface area contributed by atoms with Gasteiger partial charge in [-0.3, -0.25) is 18.7 Å². The summed E-state index contributed by atoms with van der Waals surface area (Å²) in [5.41, 5.74) is 4.98. The van der Waals surface area contributed by atoms with Gasteiger partial charge in [0, 0.05) is 0 Å². The second kappa shape index (κ2) is 14.0. The normalized spacial score (nSPS) is 25.1. The lowest BCUT2D eigenvalue weighted by molar-refractivity contribution is -0.143. The van der Waals surface area contributed by atoms with Crippen LogP contribution in [-0.4, -0.2) is 95.4 Å². The molecule has 0 aromatic carbocycles. The number of nitrogens with one attached hydrogen (secondary N) is 2. The number of imidazole rings is 1. The van der Waals surface area contributed by atoms with E-state index in [1.54, 1.807) is 6.92 Å². The van der Waals surface area contributed by atoms with E-state index in [1.807, 2.05) is 27.7 Å². The summed E-state index contributed by atoms with van der Waals surface area (Å²) in [6.07, 6.45) is -2.23. The molecule has 46 heavy (non-hydrogen) atoms. The topological polar surface area (TPSA) is 227 Å². The Morgan fingerprint density at radius 1 is 1.07 bits per heavy atom. The van der Waals surface area contributed by atoms with Crippen molar-refractivity contribution in [2.24, 2.45) is 11.8 Å². The Hall–Kier alpha value is -3.57. The molecule has 2 aliphatic heterocycles. The minimum absolute atomic E-state index is 0.00623. The maximum atomic E-state index is 14.5. The van der Waals surface area contributed by atoms with Gasteiger partial charge in [0.2, 0.25) is 11.8 Å². The first kappa shape index (κ1) is 35.3. The highest BCUT2D eigenvalue weighted by atomic mass is 31.2. The summed E-state index contributed by atoms with van der Waals surface area (Å²) in [5.74, 6) is -1.33. The van der Waals surface area contributed by atoms with Crippen LogP contribution < -0.4 is 20.6 Å². The van der Waals surface area contributed by atoms with Gasteiger partial charge in [-0.2, -0.15) is 9.97 Å². The molecule has 0 saturated carbocycles. The smallest absolute Gasteiger partial charge is 0.479 e. The number of anilines is 1. The average molecular weight is 672 g/mol. The first-order valence-electron chi connectivity index (χ1n) is 14.7. The predicted octanol–water partition coefficient (Wildman–Crippen LogP) is 2.09. The lowest BCUT2D eigenvalue weighted by Gasteiger charge is -2.30. The average Bonchev–Trinajstić information content (AvgIpc) is 3.62. The van der Waals surface area contributed by atoms with Crippen molar-refractivity contribution >= 4 is 42.9 Å². The number of rotatable bonds is 15. The molecule has 4 N–H and O–H groups in total. The molecule has 0 spiro atoms. The van der Waals surface area contributed by atoms with Crippen LogP contribution in [0.4, 0.5) is 10.7 Å². The van der Waals surface area contributed by atoms with Crippen molar-refractivity contribution in [1.82, 2.24) is 29.7 Å². The molecule has 18 nitrogen and oxygen atoms in total. The number of hydrogen-bond donors (Lipinski definition) is 3. The van der Waals surface area contributed by atoms with Crippen molar-refractivity contribution in [3.8, 4) is 5.88 Å². The molecular formula is C27H42N7O11P. The first-order chi connectivity index (χ1) is 21.6. The maximum Gasteiger partial charge on any atom is 0.509 e. The van der Waals surface area contributed by atoms with E-state index >= 15 is 0 Å². The van der Waals surface area contributed by atoms with Crippen molar-refractivity contribution in [2.75, 3.05) is 33.7 Å². The summed E-state index contributed by atoms with van der Waals surface area (Å²) in [4.78, 5) is 50.5. The summed E-state index contributed by atoms with van der Waals surface area (Å²) in [5, 5.41) is 5.53. The van der Waals surface area contributed by atoms with Crippen molar-refractivity contribution in [2.45, 2.75) is 83.6 Å². The number of carbonyl (C=O) groups excluding carboxylic acids is 3. The highest BCUT2D eigenvalue weighted by Gasteiger charge is 2.64. The SMILES string of the molecule is COC(=O)C(CC(C)C)NP(=O)(NC(CC(C)C)C(=O)OC)OC[C@H]1O[C@@H](n2cnc3c(OC)nc(N)nc32)[C@]2(C)OC(=O)O[C@H]12. The van der Waals surface area contributed by atoms with Crippen LogP contribution in [0.1, 0.15) is 53.7 Å². The molecule has 0 aliphatic carbocycles. The molecule has 4 heterocycles. The lowest BCUT2D eigenvalue weighted by atomic mass is 9.96. The summed E-state index contributed by atoms with van der Waals surface area (Å²) >= 11 is 0. The summed E-state index contributed by atoms with van der Waals surface area (Å²) in [6, 6.07) is -2.12. The fourth-order valence-corrected chi connectivity index (χ4v) is 7.33. The van der Waals surface area contributed by atoms with Crippen LogP contribution in [0, 0.1) is 11.8 Å². The number of aromatic nitrogens is 4. The van der Waals surface area contributed by atoms with Crippen LogP contribution in [0.3, 0.4) is 0 Å². The Morgan fingerprint density at radius 3 is 2.17 bits per heavy atom. The molecule has 19 heteroatoms. The molecule has 0 bridgehead atoms. The van der Waals surface area contributed by atoms with Crippen LogP contribution in [0.5, 0.6) is 5.88 Å². The second-order valence-corrected chi connectivity index (χ2v) is 13.9. The molecule has 6 atom stereocenters. The van der Waals surface area contributed by atoms with Gasteiger partial charge >= 0.3 is 25.8 Å². The van der Waals surface area contributed by atoms with Gasteiger partial charge in [-0.05, 0) is 31.6 Å². The Balaban J connectivity index is 1.67. The number of nitrogen functional groups attached to an aromatic ring is 1. The monoisotopic (exact) mass is 671 g/mol. The Bertz CT molecular complexity index is 1450. The summed E-state index contributed by atoms with van der Waals surface area (Å²) in [7, 11) is -0.450. The zero-order valence-corrected chi connectivity index (χ0v) is 27.9. The molecular weight excluding hydrogens is 629 g/mol. The van der Waals surface area contributed by atoms with Gasteiger partial charge in [0.25, 0.3) is 0 Å². The van der Waals surface area contributed by atoms with Gasteiger partial charge in [-0.1, -0.05) is 27.7 Å². The third-order valence-corrected chi connectivity index (χ3v) is 9.35. The van der Waals surface area contributed by atoms with Crippen molar-refractivity contribution in [3.05, 3.63) is 6.33 Å². The van der Waals surface area contributed by atoms with Gasteiger partial charge < -0.3 is 38.7 Å². The van der Waals surface area contributed by atoms with Gasteiger partial charge in [0.1, 0.15) is 18.2 Å². The third kappa shape index (κ3) is 7.36. The van der Waals surface area contributed by atoms with Gasteiger partial charge in [0.05, 0.1) is 34.3 Å². The fourth-order valence-electron chi connectivity index (χ4n) is 5.51. The van der Waals surface area contributed by atoms with Crippen molar-refractivity contribution < 1.29 is 51.9 Å². The quantitative estimate of drug-likeness (QED) is 0.140. The zero-order valence-electron chi connectivity index (χ0n) is 27.0. The van der Waals surface area contributed by atoms with E-state index in [0.29, 0.717) is 0 Å². The van der Waals surface area contributed by atoms with E-state index < -0.39 is 68.5 Å². The van der Waals surface area contributed by atoms with Crippen molar-refractivity contribution in [1.29, 1.82) is 0 Å². The summed E-state index contributed by atoms with van der Waals surface area (Å²) < 4.78 is 54.5. The molecule has 2 unspecified atom stereocenters. The van der Waals surface area contributed by atoms with Gasteiger partial charge in [-0.15, -0.1) is 0 Å². The van der Waals surface area contributed by atoms with E-state index in [1.165, 1.54) is 32.2 Å². The van der Waals surface area contributed by atoms with E-state index in [-0.39, 0.29) is 47.7 Å². The second-order valence-electron chi connectivity index (χ2n) is 12.0. The largest absolute Gasteiger partial charge is 0.509 e. The zero-order chi connectivity index (χ0) is 34.0. The number of nitrogens with two attached hydrogens (primary N) is 1. The van der Waals surface area contributed by atoms with Crippen LogP contribution in [0.15, 0.2) is 6.33 Å². The molecule has 2 aromatic heterocycles. The first-order valence-corrected chi connectivity index (χ1v) is 16.3.